The van der Waals surface area contributed by atoms with Crippen LogP contribution in [0.15, 0.2) is 23.8 Å². The van der Waals surface area contributed by atoms with Crippen molar-refractivity contribution in [3.63, 3.8) is 0 Å². The van der Waals surface area contributed by atoms with Gasteiger partial charge in [0.25, 0.3) is 0 Å². The second-order valence-corrected chi connectivity index (χ2v) is 16.9. The number of fused-ring (bicyclic) bond motifs is 5. The Bertz CT molecular complexity index is 1380. The number of rotatable bonds is 9. The van der Waals surface area contributed by atoms with Crippen LogP contribution in [-0.4, -0.2) is 118 Å². The Kier molecular flexibility index (Phi) is 13.8. The zero-order valence-corrected chi connectivity index (χ0v) is 33.8. The number of esters is 2. The molecule has 0 unspecified atom stereocenters. The fourth-order valence-corrected chi connectivity index (χ4v) is 10.4. The molecule has 17 atom stereocenters. The van der Waals surface area contributed by atoms with Crippen molar-refractivity contribution in [2.45, 2.75) is 160 Å². The van der Waals surface area contributed by atoms with Gasteiger partial charge in [-0.05, 0) is 109 Å². The number of nitrogens with zero attached hydrogens (tertiary/aromatic N) is 1. The van der Waals surface area contributed by atoms with E-state index in [1.165, 1.54) is 6.92 Å². The van der Waals surface area contributed by atoms with Gasteiger partial charge in [0, 0.05) is 39.0 Å². The number of carbonyl (C=O) groups excluding carboxylic acids is 3. The lowest BCUT2D eigenvalue weighted by Gasteiger charge is -2.44. The fraction of sp³-hybridized carbons (Fsp3) is 0.833. The number of Topliss-reactive ketones (excluding diaryl/α,β-unsaturated/α-hetero) is 1. The van der Waals surface area contributed by atoms with Crippen LogP contribution in [0.4, 0.5) is 0 Å². The SMILES string of the molecule is CC[C@H]1CCC[C@@H](O[C@H]2CC[C@H](N(C)C)[C@@H](C)O2)[C@@H](C)C(=O)C2=C[C@@H]3[C@@H](C=C[C@@H]4C[C@@H](O[C@@H]5O[C@@H](C)[C@H](OC(C)=O)[C@@H](OC)[C@H]5OC)C[C@@H]34)[C@@H]2CC(=O)O1. The highest BCUT2D eigenvalue weighted by atomic mass is 16.7. The average Bonchev–Trinajstić information content (AvgIpc) is 3.71. The minimum atomic E-state index is -0.714. The third kappa shape index (κ3) is 8.85. The largest absolute Gasteiger partial charge is 0.462 e. The van der Waals surface area contributed by atoms with E-state index < -0.39 is 36.7 Å². The van der Waals surface area contributed by atoms with Crippen molar-refractivity contribution in [1.29, 1.82) is 0 Å². The van der Waals surface area contributed by atoms with Gasteiger partial charge in [-0.3, -0.25) is 14.4 Å². The quantitative estimate of drug-likeness (QED) is 0.221. The molecule has 0 aromatic rings. The number of hydrogen-bond acceptors (Lipinski definition) is 12. The van der Waals surface area contributed by atoms with Crippen LogP contribution in [0.2, 0.25) is 0 Å². The summed E-state index contributed by atoms with van der Waals surface area (Å²) in [4.78, 5) is 42.2. The van der Waals surface area contributed by atoms with E-state index >= 15 is 0 Å². The number of hydrogen-bond donors (Lipinski definition) is 0. The molecular formula is C42H65NO11. The Hall–Kier alpha value is -2.19. The van der Waals surface area contributed by atoms with Crippen LogP contribution in [-0.2, 0) is 52.3 Å². The summed E-state index contributed by atoms with van der Waals surface area (Å²) in [5.41, 5.74) is 0.736. The van der Waals surface area contributed by atoms with Gasteiger partial charge in [-0.1, -0.05) is 32.1 Å². The van der Waals surface area contributed by atoms with Crippen molar-refractivity contribution >= 4 is 17.7 Å². The van der Waals surface area contributed by atoms with Crippen LogP contribution in [0.1, 0.15) is 92.4 Å². The van der Waals surface area contributed by atoms with Gasteiger partial charge < -0.3 is 42.8 Å². The van der Waals surface area contributed by atoms with Crippen LogP contribution in [0.5, 0.6) is 0 Å². The maximum Gasteiger partial charge on any atom is 0.306 e. The topological polar surface area (TPSA) is 128 Å². The van der Waals surface area contributed by atoms with Gasteiger partial charge in [-0.15, -0.1) is 0 Å². The van der Waals surface area contributed by atoms with E-state index in [4.69, 9.17) is 37.9 Å². The standard InChI is InChI=1S/C42H65NO11/c1-10-27-12-11-13-35(54-37-17-16-34(43(6)7)23(3)49-37)22(2)38(46)33-20-31-29(32(33)21-36(45)52-27)15-14-26-18-28(19-30(26)31)53-42-41(48-9)40(47-8)39(24(4)50-42)51-25(5)44/h14-15,20,22-24,26-32,34-35,37,39-42H,10-13,16-19,21H2,1-9H3/t22-,23-,24+,26-,27+,28-,29-,30-,31-,32+,34+,35-,37+,39+,40-,41-,42+/m1/s1. The highest BCUT2D eigenvalue weighted by Gasteiger charge is 2.53. The molecule has 12 heteroatoms. The van der Waals surface area contributed by atoms with Gasteiger partial charge in [-0.2, -0.15) is 0 Å². The molecule has 0 N–H and O–H groups in total. The summed E-state index contributed by atoms with van der Waals surface area (Å²) in [5, 5.41) is 0. The van der Waals surface area contributed by atoms with Crippen LogP contribution in [0.25, 0.3) is 0 Å². The third-order valence-electron chi connectivity index (χ3n) is 13.3. The van der Waals surface area contributed by atoms with Gasteiger partial charge in [-0.25, -0.2) is 0 Å². The first-order valence-electron chi connectivity index (χ1n) is 20.5. The summed E-state index contributed by atoms with van der Waals surface area (Å²) in [6.45, 7) is 9.37. The number of methoxy groups -OCH3 is 2. The Morgan fingerprint density at radius 1 is 0.889 bits per heavy atom. The lowest BCUT2D eigenvalue weighted by atomic mass is 9.70. The fourth-order valence-electron chi connectivity index (χ4n) is 10.4. The molecule has 3 aliphatic heterocycles. The molecule has 3 aliphatic carbocycles. The van der Waals surface area contributed by atoms with Crippen LogP contribution < -0.4 is 0 Å². The normalized spacial score (nSPS) is 44.3. The van der Waals surface area contributed by atoms with Crippen molar-refractivity contribution in [3.8, 4) is 0 Å². The summed E-state index contributed by atoms with van der Waals surface area (Å²) in [6, 6.07) is 0.326. The Labute approximate surface area is 321 Å². The molecule has 6 rings (SSSR count). The minimum absolute atomic E-state index is 0.0108. The molecule has 1 saturated carbocycles. The molecule has 304 valence electrons. The molecule has 3 heterocycles. The number of likely N-dealkylation sites (N-methyl/N-ethyl adjacent to an activating group) is 1. The lowest BCUT2D eigenvalue weighted by molar-refractivity contribution is -0.313. The van der Waals surface area contributed by atoms with Gasteiger partial charge in [0.1, 0.15) is 18.3 Å². The molecule has 3 saturated heterocycles. The predicted molar refractivity (Wildman–Crippen MR) is 199 cm³/mol. The van der Waals surface area contributed by atoms with Crippen LogP contribution in [0, 0.1) is 35.5 Å². The molecule has 0 aromatic heterocycles. The summed E-state index contributed by atoms with van der Waals surface area (Å²) in [5.74, 6) is -0.666. The first kappa shape index (κ1) is 41.4. The Morgan fingerprint density at radius 2 is 1.65 bits per heavy atom. The first-order chi connectivity index (χ1) is 25.8. The summed E-state index contributed by atoms with van der Waals surface area (Å²) in [7, 11) is 7.31. The zero-order chi connectivity index (χ0) is 38.8. The first-order valence-corrected chi connectivity index (χ1v) is 20.5. The Morgan fingerprint density at radius 3 is 2.31 bits per heavy atom. The van der Waals surface area contributed by atoms with Crippen molar-refractivity contribution in [2.24, 2.45) is 35.5 Å². The van der Waals surface area contributed by atoms with E-state index in [1.807, 2.05) is 13.8 Å². The number of allylic oxidation sites excluding steroid dienone is 4. The molecule has 0 spiro atoms. The van der Waals surface area contributed by atoms with E-state index in [1.54, 1.807) is 14.2 Å². The summed E-state index contributed by atoms with van der Waals surface area (Å²) < 4.78 is 49.3. The highest BCUT2D eigenvalue weighted by molar-refractivity contribution is 5.99. The van der Waals surface area contributed by atoms with Gasteiger partial charge in [0.2, 0.25) is 0 Å². The van der Waals surface area contributed by atoms with Gasteiger partial charge in [0.05, 0.1) is 30.8 Å². The number of cyclic esters (lactones) is 1. The van der Waals surface area contributed by atoms with Gasteiger partial charge >= 0.3 is 11.9 Å². The third-order valence-corrected chi connectivity index (χ3v) is 13.3. The lowest BCUT2D eigenvalue weighted by Crippen LogP contribution is -2.60. The smallest absolute Gasteiger partial charge is 0.306 e. The van der Waals surface area contributed by atoms with E-state index in [9.17, 15) is 14.4 Å². The maximum absolute atomic E-state index is 14.7. The predicted octanol–water partition coefficient (Wildman–Crippen LogP) is 5.40. The molecular weight excluding hydrogens is 694 g/mol. The van der Waals surface area contributed by atoms with Crippen LogP contribution in [0.3, 0.4) is 0 Å². The zero-order valence-electron chi connectivity index (χ0n) is 33.8. The molecule has 12 nitrogen and oxygen atoms in total. The number of ether oxygens (including phenoxy) is 8. The molecule has 6 aliphatic rings. The molecule has 54 heavy (non-hydrogen) atoms. The average molecular weight is 760 g/mol. The van der Waals surface area contributed by atoms with Crippen molar-refractivity contribution in [2.75, 3.05) is 28.3 Å². The van der Waals surface area contributed by atoms with E-state index in [-0.39, 0.29) is 84.4 Å². The second kappa shape index (κ2) is 17.9. The van der Waals surface area contributed by atoms with Crippen molar-refractivity contribution in [1.82, 2.24) is 4.90 Å². The minimum Gasteiger partial charge on any atom is -0.462 e. The summed E-state index contributed by atoms with van der Waals surface area (Å²) >= 11 is 0. The molecule has 0 bridgehead atoms. The van der Waals surface area contributed by atoms with E-state index in [2.05, 4.69) is 51.1 Å². The van der Waals surface area contributed by atoms with E-state index in [0.717, 1.165) is 50.5 Å². The number of ketones is 1. The molecule has 0 amide bonds. The molecule has 0 radical (unpaired) electrons. The molecule has 0 aromatic carbocycles. The van der Waals surface area contributed by atoms with Crippen LogP contribution >= 0.6 is 0 Å². The van der Waals surface area contributed by atoms with E-state index in [0.29, 0.717) is 12.5 Å². The van der Waals surface area contributed by atoms with Crippen molar-refractivity contribution < 1.29 is 52.3 Å². The Balaban J connectivity index is 1.20. The van der Waals surface area contributed by atoms with Crippen molar-refractivity contribution in [3.05, 3.63) is 23.8 Å². The summed E-state index contributed by atoms with van der Waals surface area (Å²) in [6.07, 6.45) is 9.25. The molecule has 4 fully saturated rings. The monoisotopic (exact) mass is 759 g/mol. The number of carbonyl (C=O) groups is 3. The van der Waals surface area contributed by atoms with Gasteiger partial charge in [0.15, 0.2) is 24.5 Å². The second-order valence-electron chi connectivity index (χ2n) is 16.9. The highest BCUT2D eigenvalue weighted by Crippen LogP contribution is 2.54. The maximum atomic E-state index is 14.7.